The van der Waals surface area contributed by atoms with Crippen LogP contribution in [0, 0.1) is 5.92 Å². The second kappa shape index (κ2) is 5.65. The summed E-state index contributed by atoms with van der Waals surface area (Å²) in [6.07, 6.45) is 6.46. The van der Waals surface area contributed by atoms with Crippen molar-refractivity contribution < 1.29 is 9.84 Å². The molecule has 0 amide bonds. The van der Waals surface area contributed by atoms with Gasteiger partial charge in [0, 0.05) is 30.8 Å². The Morgan fingerprint density at radius 3 is 3.12 bits per heavy atom. The van der Waals surface area contributed by atoms with E-state index in [1.54, 1.807) is 6.20 Å². The molecule has 1 fully saturated rings. The van der Waals surface area contributed by atoms with Gasteiger partial charge in [-0.3, -0.25) is 4.68 Å². The van der Waals surface area contributed by atoms with Crippen LogP contribution in [0.5, 0.6) is 0 Å². The maximum absolute atomic E-state index is 10.4. The predicted octanol–water partition coefficient (Wildman–Crippen LogP) is 2.14. The Kier molecular flexibility index (Phi) is 4.18. The van der Waals surface area contributed by atoms with E-state index in [4.69, 9.17) is 4.74 Å². The van der Waals surface area contributed by atoms with Gasteiger partial charge in [0.25, 0.3) is 0 Å². The molecule has 2 heterocycles. The van der Waals surface area contributed by atoms with E-state index in [9.17, 15) is 5.11 Å². The molecule has 4 heteroatoms. The fourth-order valence-electron chi connectivity index (χ4n) is 2.58. The summed E-state index contributed by atoms with van der Waals surface area (Å²) in [4.78, 5) is 0. The number of nitrogens with zero attached hydrogens (tertiary/aromatic N) is 2. The number of rotatable bonds is 5. The topological polar surface area (TPSA) is 47.3 Å². The van der Waals surface area contributed by atoms with Gasteiger partial charge < -0.3 is 9.84 Å². The van der Waals surface area contributed by atoms with Crippen molar-refractivity contribution >= 4 is 0 Å². The highest BCUT2D eigenvalue weighted by Gasteiger charge is 2.33. The summed E-state index contributed by atoms with van der Waals surface area (Å²) < 4.78 is 7.52. The Balaban J connectivity index is 2.04. The number of aromatic nitrogens is 2. The third kappa shape index (κ3) is 2.69. The normalized spacial score (nSPS) is 26.3. The summed E-state index contributed by atoms with van der Waals surface area (Å²) >= 11 is 0. The zero-order valence-electron chi connectivity index (χ0n) is 10.7. The number of aryl methyl sites for hydroxylation is 1. The van der Waals surface area contributed by atoms with Gasteiger partial charge in [0.05, 0.1) is 18.4 Å². The molecule has 0 spiro atoms. The van der Waals surface area contributed by atoms with Gasteiger partial charge >= 0.3 is 0 Å². The quantitative estimate of drug-likeness (QED) is 0.855. The number of aliphatic hydroxyl groups is 1. The van der Waals surface area contributed by atoms with Gasteiger partial charge in [-0.05, 0) is 19.3 Å². The molecule has 0 bridgehead atoms. The van der Waals surface area contributed by atoms with E-state index in [0.717, 1.165) is 38.0 Å². The minimum Gasteiger partial charge on any atom is -0.388 e. The minimum absolute atomic E-state index is 0.194. The van der Waals surface area contributed by atoms with Gasteiger partial charge in [-0.15, -0.1) is 0 Å². The van der Waals surface area contributed by atoms with E-state index in [1.165, 1.54) is 0 Å². The fourth-order valence-corrected chi connectivity index (χ4v) is 2.58. The van der Waals surface area contributed by atoms with Gasteiger partial charge in [-0.1, -0.05) is 13.8 Å². The molecule has 1 aliphatic rings. The van der Waals surface area contributed by atoms with Crippen molar-refractivity contribution in [1.82, 2.24) is 9.78 Å². The summed E-state index contributed by atoms with van der Waals surface area (Å²) in [5, 5.41) is 14.6. The number of hydrogen-bond acceptors (Lipinski definition) is 3. The molecule has 3 unspecified atom stereocenters. The fraction of sp³-hybridized carbons (Fsp3) is 0.769. The minimum atomic E-state index is -0.437. The molecule has 1 saturated heterocycles. The first-order chi connectivity index (χ1) is 8.26. The summed E-state index contributed by atoms with van der Waals surface area (Å²) in [6.45, 7) is 5.90. The standard InChI is InChI=1S/C13H22N2O2/c1-3-6-15-9-10(8-14-15)13(16)11-5-7-17-12(11)4-2/h8-9,11-13,16H,3-7H2,1-2H3. The van der Waals surface area contributed by atoms with Crippen LogP contribution in [0.1, 0.15) is 44.8 Å². The van der Waals surface area contributed by atoms with Crippen molar-refractivity contribution in [3.05, 3.63) is 18.0 Å². The van der Waals surface area contributed by atoms with E-state index >= 15 is 0 Å². The third-order valence-corrected chi connectivity index (χ3v) is 3.52. The predicted molar refractivity (Wildman–Crippen MR) is 65.6 cm³/mol. The van der Waals surface area contributed by atoms with Crippen molar-refractivity contribution in [3.8, 4) is 0 Å². The smallest absolute Gasteiger partial charge is 0.0874 e. The molecule has 0 radical (unpaired) electrons. The van der Waals surface area contributed by atoms with Gasteiger partial charge in [-0.2, -0.15) is 5.10 Å². The molecule has 2 rings (SSSR count). The monoisotopic (exact) mass is 238 g/mol. The van der Waals surface area contributed by atoms with Crippen LogP contribution < -0.4 is 0 Å². The Morgan fingerprint density at radius 2 is 2.41 bits per heavy atom. The van der Waals surface area contributed by atoms with Crippen LogP contribution in [-0.4, -0.2) is 27.6 Å². The Hall–Kier alpha value is -0.870. The van der Waals surface area contributed by atoms with Crippen molar-refractivity contribution in [1.29, 1.82) is 0 Å². The highest BCUT2D eigenvalue weighted by molar-refractivity contribution is 5.10. The number of aliphatic hydroxyl groups excluding tert-OH is 1. The van der Waals surface area contributed by atoms with Crippen LogP contribution in [0.2, 0.25) is 0 Å². The molecule has 1 N–H and O–H groups in total. The van der Waals surface area contributed by atoms with E-state index in [1.807, 2.05) is 10.9 Å². The molecule has 0 saturated carbocycles. The van der Waals surface area contributed by atoms with E-state index in [0.29, 0.717) is 0 Å². The average Bonchev–Trinajstić information content (AvgIpc) is 2.96. The van der Waals surface area contributed by atoms with Crippen LogP contribution in [0.4, 0.5) is 0 Å². The molecular weight excluding hydrogens is 216 g/mol. The lowest BCUT2D eigenvalue weighted by Gasteiger charge is -2.21. The van der Waals surface area contributed by atoms with E-state index < -0.39 is 6.10 Å². The Bertz CT molecular complexity index is 351. The zero-order chi connectivity index (χ0) is 12.3. The highest BCUT2D eigenvalue weighted by atomic mass is 16.5. The second-order valence-electron chi connectivity index (χ2n) is 4.75. The lowest BCUT2D eigenvalue weighted by molar-refractivity contribution is 0.0307. The largest absolute Gasteiger partial charge is 0.388 e. The third-order valence-electron chi connectivity index (χ3n) is 3.52. The molecule has 0 aliphatic carbocycles. The molecule has 1 aromatic rings. The first kappa shape index (κ1) is 12.6. The van der Waals surface area contributed by atoms with Crippen LogP contribution in [0.15, 0.2) is 12.4 Å². The van der Waals surface area contributed by atoms with Crippen molar-refractivity contribution in [2.24, 2.45) is 5.92 Å². The molecule has 1 aliphatic heterocycles. The lowest BCUT2D eigenvalue weighted by atomic mass is 9.90. The summed E-state index contributed by atoms with van der Waals surface area (Å²) in [7, 11) is 0. The van der Waals surface area contributed by atoms with Crippen LogP contribution in [-0.2, 0) is 11.3 Å². The summed E-state index contributed by atoms with van der Waals surface area (Å²) in [5.41, 5.74) is 0.924. The first-order valence-electron chi connectivity index (χ1n) is 6.58. The van der Waals surface area contributed by atoms with Crippen LogP contribution in [0.25, 0.3) is 0 Å². The molecule has 4 nitrogen and oxygen atoms in total. The van der Waals surface area contributed by atoms with E-state index in [2.05, 4.69) is 18.9 Å². The van der Waals surface area contributed by atoms with Crippen molar-refractivity contribution in [3.63, 3.8) is 0 Å². The van der Waals surface area contributed by atoms with Crippen molar-refractivity contribution in [2.75, 3.05) is 6.61 Å². The molecule has 1 aromatic heterocycles. The van der Waals surface area contributed by atoms with Gasteiger partial charge in [-0.25, -0.2) is 0 Å². The molecule has 96 valence electrons. The van der Waals surface area contributed by atoms with E-state index in [-0.39, 0.29) is 12.0 Å². The molecular formula is C13H22N2O2. The molecule has 0 aromatic carbocycles. The second-order valence-corrected chi connectivity index (χ2v) is 4.75. The summed E-state index contributed by atoms with van der Waals surface area (Å²) in [6, 6.07) is 0. The highest BCUT2D eigenvalue weighted by Crippen LogP contribution is 2.34. The number of ether oxygens (including phenoxy) is 1. The summed E-state index contributed by atoms with van der Waals surface area (Å²) in [5.74, 6) is 0.222. The van der Waals surface area contributed by atoms with Gasteiger partial charge in [0.2, 0.25) is 0 Å². The molecule has 3 atom stereocenters. The van der Waals surface area contributed by atoms with Crippen LogP contribution in [0.3, 0.4) is 0 Å². The Morgan fingerprint density at radius 1 is 1.59 bits per heavy atom. The lowest BCUT2D eigenvalue weighted by Crippen LogP contribution is -2.21. The number of hydrogen-bond donors (Lipinski definition) is 1. The zero-order valence-corrected chi connectivity index (χ0v) is 10.7. The molecule has 17 heavy (non-hydrogen) atoms. The SMILES string of the molecule is CCCn1cc(C(O)C2CCOC2CC)cn1. The van der Waals surface area contributed by atoms with Crippen LogP contribution >= 0.6 is 0 Å². The van der Waals surface area contributed by atoms with Gasteiger partial charge in [0.15, 0.2) is 0 Å². The van der Waals surface area contributed by atoms with Gasteiger partial charge in [0.1, 0.15) is 0 Å². The Labute approximate surface area is 103 Å². The average molecular weight is 238 g/mol. The van der Waals surface area contributed by atoms with Crippen molar-refractivity contribution in [2.45, 2.75) is 51.9 Å². The maximum Gasteiger partial charge on any atom is 0.0874 e. The first-order valence-corrected chi connectivity index (χ1v) is 6.58. The maximum atomic E-state index is 10.4.